The van der Waals surface area contributed by atoms with Crippen LogP contribution in [-0.2, 0) is 0 Å². The quantitative estimate of drug-likeness (QED) is 0.190. The van der Waals surface area contributed by atoms with E-state index in [1.54, 1.807) is 0 Å². The highest BCUT2D eigenvalue weighted by Crippen LogP contribution is 2.42. The highest BCUT2D eigenvalue weighted by atomic mass is 15.1. The van der Waals surface area contributed by atoms with Gasteiger partial charge in [0.2, 0.25) is 0 Å². The lowest BCUT2D eigenvalue weighted by Gasteiger charge is -2.27. The highest BCUT2D eigenvalue weighted by Gasteiger charge is 2.19. The fourth-order valence-corrected chi connectivity index (χ4v) is 6.93. The second-order valence-corrected chi connectivity index (χ2v) is 11.4. The Hall–Kier alpha value is -5.86. The van der Waals surface area contributed by atoms with Crippen LogP contribution < -0.4 is 4.90 Å². The van der Waals surface area contributed by atoms with Crippen molar-refractivity contribution in [1.29, 1.82) is 0 Å². The zero-order chi connectivity index (χ0) is 29.0. The molecule has 0 N–H and O–H groups in total. The van der Waals surface area contributed by atoms with Gasteiger partial charge in [0.15, 0.2) is 0 Å². The van der Waals surface area contributed by atoms with E-state index in [9.17, 15) is 0 Å². The normalized spacial score (nSPS) is 11.6. The molecule has 44 heavy (non-hydrogen) atoms. The van der Waals surface area contributed by atoms with Gasteiger partial charge in [-0.3, -0.25) is 0 Å². The molecule has 206 valence electrons. The van der Waals surface area contributed by atoms with E-state index in [4.69, 9.17) is 0 Å². The number of hydrogen-bond donors (Lipinski definition) is 0. The van der Waals surface area contributed by atoms with Gasteiger partial charge >= 0.3 is 0 Å². The van der Waals surface area contributed by atoms with E-state index in [-0.39, 0.29) is 0 Å². The lowest BCUT2D eigenvalue weighted by molar-refractivity contribution is 1.17. The molecule has 0 unspecified atom stereocenters. The van der Waals surface area contributed by atoms with E-state index in [1.807, 2.05) is 0 Å². The molecule has 0 spiro atoms. The Bertz CT molecular complexity index is 2360. The number of fused-ring (bicyclic) bond motifs is 1. The van der Waals surface area contributed by atoms with Crippen LogP contribution in [0.1, 0.15) is 0 Å². The Balaban J connectivity index is 1.27. The predicted octanol–water partition coefficient (Wildman–Crippen LogP) is 11.7. The van der Waals surface area contributed by atoms with Crippen LogP contribution in [0, 0.1) is 0 Å². The molecule has 8 aromatic carbocycles. The second-order valence-electron chi connectivity index (χ2n) is 11.4. The maximum atomic E-state index is 2.42. The van der Waals surface area contributed by atoms with Gasteiger partial charge in [0.25, 0.3) is 0 Å². The predicted molar refractivity (Wildman–Crippen MR) is 187 cm³/mol. The smallest absolute Gasteiger partial charge is 0.0547 e. The van der Waals surface area contributed by atoms with E-state index in [2.05, 4.69) is 179 Å². The van der Waals surface area contributed by atoms with Crippen molar-refractivity contribution < 1.29 is 0 Å². The molecule has 0 aliphatic heterocycles. The van der Waals surface area contributed by atoms with Crippen molar-refractivity contribution in [2.75, 3.05) is 4.90 Å². The van der Waals surface area contributed by atoms with Crippen LogP contribution in [-0.4, -0.2) is 4.57 Å². The molecule has 0 fully saturated rings. The molecule has 2 nitrogen and oxygen atoms in total. The lowest BCUT2D eigenvalue weighted by Crippen LogP contribution is -2.11. The summed E-state index contributed by atoms with van der Waals surface area (Å²) < 4.78 is 2.42. The average molecular weight is 561 g/mol. The number of rotatable bonds is 5. The van der Waals surface area contributed by atoms with Crippen LogP contribution in [0.25, 0.3) is 60.2 Å². The first kappa shape index (κ1) is 24.7. The third kappa shape index (κ3) is 3.82. The lowest BCUT2D eigenvalue weighted by atomic mass is 10.0. The van der Waals surface area contributed by atoms with E-state index in [0.29, 0.717) is 0 Å². The molecule has 0 amide bonds. The summed E-state index contributed by atoms with van der Waals surface area (Å²) in [6, 6.07) is 61.5. The Labute approximate surface area is 256 Å². The van der Waals surface area contributed by atoms with Crippen LogP contribution in [0.4, 0.5) is 17.1 Å². The van der Waals surface area contributed by atoms with Crippen molar-refractivity contribution in [3.63, 3.8) is 0 Å². The fraction of sp³-hybridized carbons (Fsp3) is 0. The van der Waals surface area contributed by atoms with Gasteiger partial charge < -0.3 is 9.47 Å². The summed E-state index contributed by atoms with van der Waals surface area (Å²) >= 11 is 0. The molecule has 0 radical (unpaired) electrons. The van der Waals surface area contributed by atoms with Crippen molar-refractivity contribution in [2.45, 2.75) is 0 Å². The monoisotopic (exact) mass is 560 g/mol. The summed E-state index contributed by atoms with van der Waals surface area (Å²) in [6.07, 6.45) is 0. The summed E-state index contributed by atoms with van der Waals surface area (Å²) in [5, 5.41) is 7.65. The Morgan fingerprint density at radius 1 is 0.386 bits per heavy atom. The molecule has 0 bridgehead atoms. The second kappa shape index (κ2) is 9.86. The average Bonchev–Trinajstić information content (AvgIpc) is 3.44. The number of nitrogens with zero attached hydrogens (tertiary/aromatic N) is 2. The van der Waals surface area contributed by atoms with Gasteiger partial charge in [0, 0.05) is 33.2 Å². The van der Waals surface area contributed by atoms with Crippen molar-refractivity contribution in [2.24, 2.45) is 0 Å². The minimum Gasteiger partial charge on any atom is -0.310 e. The van der Waals surface area contributed by atoms with Gasteiger partial charge in [-0.15, -0.1) is 0 Å². The van der Waals surface area contributed by atoms with Crippen LogP contribution in [0.3, 0.4) is 0 Å². The molecule has 9 rings (SSSR count). The standard InChI is InChI=1S/C42H28N2/c1-2-10-29(11-3-1)30-24-26-34(27-25-30)43(38-19-6-13-31-12-4-5-18-37(31)38)35-16-9-17-36(28-35)44-39-20-7-14-32-22-23-33-15-8-21-40(44)42(33)41(32)39/h1-28H. The Morgan fingerprint density at radius 2 is 0.977 bits per heavy atom. The highest BCUT2D eigenvalue weighted by molar-refractivity contribution is 6.24. The first-order valence-corrected chi connectivity index (χ1v) is 15.1. The Kier molecular flexibility index (Phi) is 5.54. The summed E-state index contributed by atoms with van der Waals surface area (Å²) in [5.41, 5.74) is 9.41. The topological polar surface area (TPSA) is 8.17 Å². The molecular formula is C42H28N2. The maximum absolute atomic E-state index is 2.42. The molecule has 2 heteroatoms. The zero-order valence-electron chi connectivity index (χ0n) is 24.1. The van der Waals surface area contributed by atoms with Crippen LogP contribution in [0.5, 0.6) is 0 Å². The van der Waals surface area contributed by atoms with Crippen molar-refractivity contribution in [1.82, 2.24) is 4.57 Å². The third-order valence-electron chi connectivity index (χ3n) is 8.91. The molecule has 1 aromatic heterocycles. The van der Waals surface area contributed by atoms with Crippen molar-refractivity contribution in [3.05, 3.63) is 170 Å². The van der Waals surface area contributed by atoms with E-state index in [0.717, 1.165) is 22.7 Å². The van der Waals surface area contributed by atoms with Crippen molar-refractivity contribution >= 4 is 60.4 Å². The molecular weight excluding hydrogens is 532 g/mol. The number of benzene rings is 8. The van der Waals surface area contributed by atoms with Gasteiger partial charge in [-0.25, -0.2) is 0 Å². The Morgan fingerprint density at radius 3 is 1.73 bits per heavy atom. The molecule has 0 saturated heterocycles. The summed E-state index contributed by atoms with van der Waals surface area (Å²) in [4.78, 5) is 2.39. The minimum absolute atomic E-state index is 1.11. The zero-order valence-corrected chi connectivity index (χ0v) is 24.1. The number of hydrogen-bond acceptors (Lipinski definition) is 1. The fourth-order valence-electron chi connectivity index (χ4n) is 6.93. The van der Waals surface area contributed by atoms with Gasteiger partial charge in [-0.1, -0.05) is 121 Å². The summed E-state index contributed by atoms with van der Waals surface area (Å²) in [6.45, 7) is 0. The molecule has 0 saturated carbocycles. The SMILES string of the molecule is c1ccc(-c2ccc(N(c3cccc(-n4c5cccc6ccc7cccc4c7c65)c3)c3cccc4ccccc34)cc2)cc1. The molecule has 0 atom stereocenters. The number of anilines is 3. The molecule has 1 heterocycles. The van der Waals surface area contributed by atoms with Gasteiger partial charge in [-0.05, 0) is 75.8 Å². The van der Waals surface area contributed by atoms with Gasteiger partial charge in [-0.2, -0.15) is 0 Å². The van der Waals surface area contributed by atoms with Crippen LogP contribution in [0.2, 0.25) is 0 Å². The third-order valence-corrected chi connectivity index (χ3v) is 8.91. The molecule has 0 aliphatic carbocycles. The van der Waals surface area contributed by atoms with Gasteiger partial charge in [0.05, 0.1) is 16.7 Å². The van der Waals surface area contributed by atoms with Crippen molar-refractivity contribution in [3.8, 4) is 16.8 Å². The van der Waals surface area contributed by atoms with E-state index in [1.165, 1.54) is 54.5 Å². The first-order chi connectivity index (χ1) is 21.8. The first-order valence-electron chi connectivity index (χ1n) is 15.1. The van der Waals surface area contributed by atoms with Crippen LogP contribution >= 0.6 is 0 Å². The maximum Gasteiger partial charge on any atom is 0.0547 e. The van der Waals surface area contributed by atoms with Gasteiger partial charge in [0.1, 0.15) is 0 Å². The minimum atomic E-state index is 1.11. The van der Waals surface area contributed by atoms with Crippen LogP contribution in [0.15, 0.2) is 170 Å². The van der Waals surface area contributed by atoms with E-state index >= 15 is 0 Å². The molecule has 0 aliphatic rings. The summed E-state index contributed by atoms with van der Waals surface area (Å²) in [5.74, 6) is 0. The molecule has 9 aromatic rings. The number of aromatic nitrogens is 1. The van der Waals surface area contributed by atoms with E-state index < -0.39 is 0 Å². The summed E-state index contributed by atoms with van der Waals surface area (Å²) in [7, 11) is 0. The largest absolute Gasteiger partial charge is 0.310 e.